The lowest BCUT2D eigenvalue weighted by Crippen LogP contribution is -2.39. The first-order valence-corrected chi connectivity index (χ1v) is 8.60. The van der Waals surface area contributed by atoms with Gasteiger partial charge < -0.3 is 4.74 Å². The van der Waals surface area contributed by atoms with Crippen LogP contribution < -0.4 is 0 Å². The third-order valence-corrected chi connectivity index (χ3v) is 5.86. The van der Waals surface area contributed by atoms with E-state index in [2.05, 4.69) is 6.92 Å². The summed E-state index contributed by atoms with van der Waals surface area (Å²) in [5.41, 5.74) is 1.16. The number of nitrogens with zero attached hydrogens (tertiary/aromatic N) is 1. The second kappa shape index (κ2) is 6.70. The van der Waals surface area contributed by atoms with Crippen LogP contribution in [0, 0.1) is 5.92 Å². The van der Waals surface area contributed by atoms with Gasteiger partial charge in [-0.25, -0.2) is 8.42 Å². The lowest BCUT2D eigenvalue weighted by molar-refractivity contribution is 0.121. The molecule has 0 N–H and O–H groups in total. The van der Waals surface area contributed by atoms with Crippen molar-refractivity contribution >= 4 is 10.0 Å². The highest BCUT2D eigenvalue weighted by Gasteiger charge is 2.29. The van der Waals surface area contributed by atoms with Crippen LogP contribution in [-0.2, 0) is 21.2 Å². The molecule has 0 saturated carbocycles. The van der Waals surface area contributed by atoms with Gasteiger partial charge >= 0.3 is 0 Å². The number of piperidine rings is 1. The molecule has 1 saturated heterocycles. The van der Waals surface area contributed by atoms with E-state index in [4.69, 9.17) is 4.74 Å². The number of aryl methyl sites for hydroxylation is 1. The van der Waals surface area contributed by atoms with E-state index in [-0.39, 0.29) is 0 Å². The molecule has 1 heterocycles. The van der Waals surface area contributed by atoms with Crippen molar-refractivity contribution in [3.63, 3.8) is 0 Å². The Labute approximate surface area is 121 Å². The van der Waals surface area contributed by atoms with Gasteiger partial charge in [-0.2, -0.15) is 4.31 Å². The standard InChI is InChI=1S/C15H23NO3S/c1-3-13-4-6-15(7-5-13)20(17,18)16-10-8-14(9-11-16)12-19-2/h4-7,14H,3,8-12H2,1-2H3. The Hall–Kier alpha value is -0.910. The highest BCUT2D eigenvalue weighted by molar-refractivity contribution is 7.89. The van der Waals surface area contributed by atoms with Gasteiger partial charge in [-0.1, -0.05) is 19.1 Å². The van der Waals surface area contributed by atoms with Crippen molar-refractivity contribution in [2.75, 3.05) is 26.8 Å². The van der Waals surface area contributed by atoms with Crippen LogP contribution in [0.1, 0.15) is 25.3 Å². The maximum atomic E-state index is 12.5. The van der Waals surface area contributed by atoms with Gasteiger partial charge in [-0.15, -0.1) is 0 Å². The minimum atomic E-state index is -3.33. The summed E-state index contributed by atoms with van der Waals surface area (Å²) in [6, 6.07) is 7.22. The molecule has 1 aromatic carbocycles. The summed E-state index contributed by atoms with van der Waals surface area (Å²) in [5.74, 6) is 0.480. The van der Waals surface area contributed by atoms with Crippen LogP contribution in [0.3, 0.4) is 0 Å². The van der Waals surface area contributed by atoms with Gasteiger partial charge in [0.15, 0.2) is 0 Å². The summed E-state index contributed by atoms with van der Waals surface area (Å²) >= 11 is 0. The minimum absolute atomic E-state index is 0.403. The Balaban J connectivity index is 2.07. The summed E-state index contributed by atoms with van der Waals surface area (Å²) in [4.78, 5) is 0.403. The summed E-state index contributed by atoms with van der Waals surface area (Å²) < 4.78 is 31.8. The zero-order valence-electron chi connectivity index (χ0n) is 12.2. The molecular weight excluding hydrogens is 274 g/mol. The van der Waals surface area contributed by atoms with E-state index in [1.807, 2.05) is 12.1 Å². The first-order chi connectivity index (χ1) is 9.57. The van der Waals surface area contributed by atoms with E-state index in [0.717, 1.165) is 31.4 Å². The van der Waals surface area contributed by atoms with Gasteiger partial charge in [0.05, 0.1) is 4.90 Å². The first-order valence-electron chi connectivity index (χ1n) is 7.16. The van der Waals surface area contributed by atoms with E-state index in [1.54, 1.807) is 23.5 Å². The second-order valence-corrected chi connectivity index (χ2v) is 7.24. The lowest BCUT2D eigenvalue weighted by atomic mass is 9.99. The largest absolute Gasteiger partial charge is 0.384 e. The molecule has 0 unspecified atom stereocenters. The number of methoxy groups -OCH3 is 1. The van der Waals surface area contributed by atoms with Gasteiger partial charge in [0, 0.05) is 26.8 Å². The van der Waals surface area contributed by atoms with Crippen LogP contribution in [0.5, 0.6) is 0 Å². The van der Waals surface area contributed by atoms with E-state index < -0.39 is 10.0 Å². The van der Waals surface area contributed by atoms with E-state index in [0.29, 0.717) is 23.9 Å². The van der Waals surface area contributed by atoms with Crippen LogP contribution in [-0.4, -0.2) is 39.5 Å². The topological polar surface area (TPSA) is 46.6 Å². The van der Waals surface area contributed by atoms with Gasteiger partial charge in [0.1, 0.15) is 0 Å². The number of rotatable bonds is 5. The molecule has 1 aromatic rings. The smallest absolute Gasteiger partial charge is 0.243 e. The number of ether oxygens (including phenoxy) is 1. The molecule has 20 heavy (non-hydrogen) atoms. The van der Waals surface area contributed by atoms with Crippen molar-refractivity contribution in [3.05, 3.63) is 29.8 Å². The van der Waals surface area contributed by atoms with Crippen LogP contribution in [0.4, 0.5) is 0 Å². The van der Waals surface area contributed by atoms with Crippen molar-refractivity contribution in [1.29, 1.82) is 0 Å². The molecular formula is C15H23NO3S. The molecule has 1 fully saturated rings. The highest BCUT2D eigenvalue weighted by atomic mass is 32.2. The van der Waals surface area contributed by atoms with Crippen molar-refractivity contribution in [3.8, 4) is 0 Å². The molecule has 0 aliphatic carbocycles. The maximum absolute atomic E-state index is 12.5. The lowest BCUT2D eigenvalue weighted by Gasteiger charge is -2.30. The first kappa shape index (κ1) is 15.5. The Morgan fingerprint density at radius 3 is 2.30 bits per heavy atom. The molecule has 1 aliphatic heterocycles. The fourth-order valence-corrected chi connectivity index (χ4v) is 4.07. The average molecular weight is 297 g/mol. The zero-order valence-corrected chi connectivity index (χ0v) is 13.0. The fourth-order valence-electron chi connectivity index (χ4n) is 2.60. The van der Waals surface area contributed by atoms with Crippen LogP contribution in [0.15, 0.2) is 29.2 Å². The van der Waals surface area contributed by atoms with Crippen molar-refractivity contribution in [2.24, 2.45) is 5.92 Å². The Morgan fingerprint density at radius 1 is 1.20 bits per heavy atom. The SMILES string of the molecule is CCc1ccc(S(=O)(=O)N2CCC(COC)CC2)cc1. The molecule has 0 amide bonds. The molecule has 0 radical (unpaired) electrons. The molecule has 5 heteroatoms. The maximum Gasteiger partial charge on any atom is 0.243 e. The molecule has 4 nitrogen and oxygen atoms in total. The molecule has 0 aromatic heterocycles. The van der Waals surface area contributed by atoms with Gasteiger partial charge in [0.2, 0.25) is 10.0 Å². The summed E-state index contributed by atoms with van der Waals surface area (Å²) in [7, 11) is -1.64. The molecule has 0 spiro atoms. The van der Waals surface area contributed by atoms with Gasteiger partial charge in [0.25, 0.3) is 0 Å². The monoisotopic (exact) mass is 297 g/mol. The number of benzene rings is 1. The molecule has 1 aliphatic rings. The molecule has 0 atom stereocenters. The summed E-state index contributed by atoms with van der Waals surface area (Å²) in [6.07, 6.45) is 2.67. The van der Waals surface area contributed by atoms with Crippen molar-refractivity contribution in [2.45, 2.75) is 31.1 Å². The summed E-state index contributed by atoms with van der Waals surface area (Å²) in [5, 5.41) is 0. The summed E-state index contributed by atoms with van der Waals surface area (Å²) in [6.45, 7) is 3.96. The second-order valence-electron chi connectivity index (χ2n) is 5.30. The third kappa shape index (κ3) is 3.40. The average Bonchev–Trinajstić information content (AvgIpc) is 2.48. The fraction of sp³-hybridized carbons (Fsp3) is 0.600. The van der Waals surface area contributed by atoms with Crippen LogP contribution in [0.25, 0.3) is 0 Å². The van der Waals surface area contributed by atoms with Crippen molar-refractivity contribution < 1.29 is 13.2 Å². The Kier molecular flexibility index (Phi) is 5.18. The number of hydrogen-bond acceptors (Lipinski definition) is 3. The molecule has 2 rings (SSSR count). The number of sulfonamides is 1. The van der Waals surface area contributed by atoms with E-state index in [1.165, 1.54) is 0 Å². The predicted octanol–water partition coefficient (Wildman–Crippen LogP) is 2.30. The van der Waals surface area contributed by atoms with Crippen LogP contribution in [0.2, 0.25) is 0 Å². The number of hydrogen-bond donors (Lipinski definition) is 0. The third-order valence-electron chi connectivity index (χ3n) is 3.95. The molecule has 0 bridgehead atoms. The quantitative estimate of drug-likeness (QED) is 0.838. The normalized spacial score (nSPS) is 18.3. The predicted molar refractivity (Wildman–Crippen MR) is 79.2 cm³/mol. The van der Waals surface area contributed by atoms with Gasteiger partial charge in [-0.05, 0) is 42.9 Å². The zero-order chi connectivity index (χ0) is 14.6. The van der Waals surface area contributed by atoms with Crippen LogP contribution >= 0.6 is 0 Å². The Morgan fingerprint density at radius 2 is 1.80 bits per heavy atom. The van der Waals surface area contributed by atoms with Crippen molar-refractivity contribution in [1.82, 2.24) is 4.31 Å². The molecule has 112 valence electrons. The van der Waals surface area contributed by atoms with Gasteiger partial charge in [-0.3, -0.25) is 0 Å². The van der Waals surface area contributed by atoms with E-state index >= 15 is 0 Å². The Bertz CT molecular complexity index is 517. The highest BCUT2D eigenvalue weighted by Crippen LogP contribution is 2.24. The minimum Gasteiger partial charge on any atom is -0.384 e. The van der Waals surface area contributed by atoms with E-state index in [9.17, 15) is 8.42 Å².